The molecule has 40 heavy (non-hydrogen) atoms. The summed E-state index contributed by atoms with van der Waals surface area (Å²) in [6.45, 7) is 6.68. The van der Waals surface area contributed by atoms with Gasteiger partial charge in [0.15, 0.2) is 0 Å². The molecule has 2 aliphatic carbocycles. The standard InChI is InChI=1S/C34H39FO5/c1-33(2,3)31(38-5)27-17-21(7-11-25(27)26-18-23(37-4)10-12-30(26)35)20-40-24-9-8-22-13-15-34(29(22)19-24)16-14-28(34)32(36)39-6/h7-12,17-19,28,31H,13-16,20H2,1-6H3/t28?,31-,34?/m0/s1. The second kappa shape index (κ2) is 10.9. The van der Waals surface area contributed by atoms with Crippen molar-refractivity contribution in [2.75, 3.05) is 21.3 Å². The third-order valence-corrected chi connectivity index (χ3v) is 8.78. The van der Waals surface area contributed by atoms with Crippen molar-refractivity contribution in [1.29, 1.82) is 0 Å². The predicted molar refractivity (Wildman–Crippen MR) is 153 cm³/mol. The van der Waals surface area contributed by atoms with E-state index in [0.717, 1.165) is 48.1 Å². The lowest BCUT2D eigenvalue weighted by atomic mass is 9.57. The molecule has 0 aliphatic heterocycles. The highest BCUT2D eigenvalue weighted by Crippen LogP contribution is 2.57. The molecule has 5 rings (SSSR count). The minimum Gasteiger partial charge on any atom is -0.497 e. The second-order valence-corrected chi connectivity index (χ2v) is 12.1. The number of carbonyl (C=O) groups excluding carboxylic acids is 1. The number of ether oxygens (including phenoxy) is 4. The molecule has 2 unspecified atom stereocenters. The van der Waals surface area contributed by atoms with Gasteiger partial charge in [0.25, 0.3) is 0 Å². The van der Waals surface area contributed by atoms with Crippen LogP contribution in [-0.2, 0) is 32.7 Å². The lowest BCUT2D eigenvalue weighted by Gasteiger charge is -2.46. The number of esters is 1. The lowest BCUT2D eigenvalue weighted by Crippen LogP contribution is -2.47. The number of benzene rings is 3. The van der Waals surface area contributed by atoms with E-state index in [4.69, 9.17) is 18.9 Å². The molecule has 0 amide bonds. The van der Waals surface area contributed by atoms with Gasteiger partial charge in [0.1, 0.15) is 23.9 Å². The van der Waals surface area contributed by atoms with Gasteiger partial charge in [-0.1, -0.05) is 39.0 Å². The van der Waals surface area contributed by atoms with Crippen molar-refractivity contribution in [1.82, 2.24) is 0 Å². The third-order valence-electron chi connectivity index (χ3n) is 8.78. The zero-order valence-corrected chi connectivity index (χ0v) is 24.3. The van der Waals surface area contributed by atoms with Crippen molar-refractivity contribution in [3.8, 4) is 22.6 Å². The van der Waals surface area contributed by atoms with Gasteiger partial charge < -0.3 is 18.9 Å². The van der Waals surface area contributed by atoms with E-state index in [2.05, 4.69) is 39.0 Å². The minimum atomic E-state index is -0.317. The van der Waals surface area contributed by atoms with E-state index in [0.29, 0.717) is 17.9 Å². The number of halogens is 1. The van der Waals surface area contributed by atoms with Crippen molar-refractivity contribution >= 4 is 5.97 Å². The van der Waals surface area contributed by atoms with Crippen molar-refractivity contribution in [3.05, 3.63) is 82.7 Å². The summed E-state index contributed by atoms with van der Waals surface area (Å²) in [5.74, 6) is 0.860. The van der Waals surface area contributed by atoms with Gasteiger partial charge >= 0.3 is 5.97 Å². The fourth-order valence-electron chi connectivity index (χ4n) is 6.68. The predicted octanol–water partition coefficient (Wildman–Crippen LogP) is 7.58. The molecule has 3 aromatic rings. The van der Waals surface area contributed by atoms with E-state index in [9.17, 15) is 4.79 Å². The lowest BCUT2D eigenvalue weighted by molar-refractivity contribution is -0.153. The van der Waals surface area contributed by atoms with Crippen molar-refractivity contribution in [2.24, 2.45) is 11.3 Å². The largest absolute Gasteiger partial charge is 0.497 e. The molecule has 0 aromatic heterocycles. The van der Waals surface area contributed by atoms with Crippen LogP contribution in [0, 0.1) is 17.2 Å². The van der Waals surface area contributed by atoms with Crippen molar-refractivity contribution in [2.45, 2.75) is 64.6 Å². The molecule has 0 bridgehead atoms. The summed E-state index contributed by atoms with van der Waals surface area (Å²) in [7, 11) is 4.74. The molecule has 212 valence electrons. The molecule has 0 heterocycles. The number of carbonyl (C=O) groups is 1. The summed E-state index contributed by atoms with van der Waals surface area (Å²) >= 11 is 0. The SMILES string of the molecule is COC(=O)C1CCC12CCc1ccc(OCc3ccc(-c4cc(OC)ccc4F)c([C@H](OC)C(C)(C)C)c3)cc12. The Labute approximate surface area is 236 Å². The van der Waals surface area contributed by atoms with Crippen LogP contribution < -0.4 is 9.47 Å². The van der Waals surface area contributed by atoms with E-state index in [-0.39, 0.29) is 34.6 Å². The van der Waals surface area contributed by atoms with Gasteiger partial charge in [0, 0.05) is 18.1 Å². The van der Waals surface area contributed by atoms with Crippen LogP contribution in [-0.4, -0.2) is 27.3 Å². The Hall–Kier alpha value is -3.38. The minimum absolute atomic E-state index is 0.0792. The first kappa shape index (κ1) is 28.2. The highest BCUT2D eigenvalue weighted by atomic mass is 19.1. The molecule has 0 saturated heterocycles. The van der Waals surface area contributed by atoms with Gasteiger partial charge in [-0.25, -0.2) is 4.39 Å². The van der Waals surface area contributed by atoms with E-state index < -0.39 is 0 Å². The quantitative estimate of drug-likeness (QED) is 0.273. The summed E-state index contributed by atoms with van der Waals surface area (Å²) < 4.78 is 37.8. The average Bonchev–Trinajstić information content (AvgIpc) is 3.32. The maximum Gasteiger partial charge on any atom is 0.309 e. The maximum absolute atomic E-state index is 15.1. The molecule has 6 heteroatoms. The van der Waals surface area contributed by atoms with Crippen LogP contribution in [0.1, 0.15) is 68.4 Å². The summed E-state index contributed by atoms with van der Waals surface area (Å²) in [6, 6.07) is 17.0. The van der Waals surface area contributed by atoms with Crippen LogP contribution in [0.4, 0.5) is 4.39 Å². The topological polar surface area (TPSA) is 54.0 Å². The summed E-state index contributed by atoms with van der Waals surface area (Å²) in [6.07, 6.45) is 3.54. The van der Waals surface area contributed by atoms with Crippen molar-refractivity contribution < 1.29 is 28.1 Å². The average molecular weight is 547 g/mol. The normalized spacial score (nSPS) is 20.5. The highest BCUT2D eigenvalue weighted by Gasteiger charge is 2.55. The zero-order chi connectivity index (χ0) is 28.7. The van der Waals surface area contributed by atoms with E-state index in [1.807, 2.05) is 18.2 Å². The van der Waals surface area contributed by atoms with Crippen LogP contribution in [0.5, 0.6) is 11.5 Å². The van der Waals surface area contributed by atoms with Gasteiger partial charge in [-0.05, 0) is 95.3 Å². The fraction of sp³-hybridized carbons (Fsp3) is 0.441. The molecular formula is C34H39FO5. The molecule has 1 saturated carbocycles. The monoisotopic (exact) mass is 546 g/mol. The second-order valence-electron chi connectivity index (χ2n) is 12.1. The van der Waals surface area contributed by atoms with E-state index in [1.165, 1.54) is 24.3 Å². The summed E-state index contributed by atoms with van der Waals surface area (Å²) in [4.78, 5) is 12.4. The number of rotatable bonds is 8. The number of methoxy groups -OCH3 is 3. The van der Waals surface area contributed by atoms with E-state index in [1.54, 1.807) is 26.4 Å². The summed E-state index contributed by atoms with van der Waals surface area (Å²) in [5, 5.41) is 0. The molecule has 1 spiro atoms. The first-order chi connectivity index (χ1) is 19.1. The van der Waals surface area contributed by atoms with E-state index >= 15 is 4.39 Å². The van der Waals surface area contributed by atoms with Crippen LogP contribution >= 0.6 is 0 Å². The van der Waals surface area contributed by atoms with Crippen LogP contribution in [0.25, 0.3) is 11.1 Å². The first-order valence-electron chi connectivity index (χ1n) is 13.9. The highest BCUT2D eigenvalue weighted by molar-refractivity contribution is 5.77. The Balaban J connectivity index is 1.45. The van der Waals surface area contributed by atoms with Crippen molar-refractivity contribution in [3.63, 3.8) is 0 Å². The Kier molecular flexibility index (Phi) is 7.66. The zero-order valence-electron chi connectivity index (χ0n) is 24.3. The van der Waals surface area contributed by atoms with Crippen LogP contribution in [0.2, 0.25) is 0 Å². The van der Waals surface area contributed by atoms with Gasteiger partial charge in [-0.2, -0.15) is 0 Å². The number of fused-ring (bicyclic) bond motifs is 2. The van der Waals surface area contributed by atoms with Gasteiger partial charge in [-0.3, -0.25) is 4.79 Å². The van der Waals surface area contributed by atoms with Crippen LogP contribution in [0.3, 0.4) is 0 Å². The third kappa shape index (κ3) is 4.98. The Bertz CT molecular complexity index is 1410. The molecule has 0 radical (unpaired) electrons. The Morgan fingerprint density at radius 3 is 2.40 bits per heavy atom. The molecule has 3 aromatic carbocycles. The molecule has 3 atom stereocenters. The Morgan fingerprint density at radius 2 is 1.75 bits per heavy atom. The maximum atomic E-state index is 15.1. The number of aryl methyl sites for hydroxylation is 1. The molecular weight excluding hydrogens is 507 g/mol. The number of hydrogen-bond acceptors (Lipinski definition) is 5. The molecule has 5 nitrogen and oxygen atoms in total. The first-order valence-corrected chi connectivity index (χ1v) is 13.9. The Morgan fingerprint density at radius 1 is 0.975 bits per heavy atom. The smallest absolute Gasteiger partial charge is 0.309 e. The molecule has 1 fully saturated rings. The van der Waals surface area contributed by atoms with Gasteiger partial charge in [0.2, 0.25) is 0 Å². The van der Waals surface area contributed by atoms with Gasteiger partial charge in [-0.15, -0.1) is 0 Å². The van der Waals surface area contributed by atoms with Gasteiger partial charge in [0.05, 0.1) is 26.2 Å². The molecule has 2 aliphatic rings. The van der Waals surface area contributed by atoms with Crippen LogP contribution in [0.15, 0.2) is 54.6 Å². The molecule has 0 N–H and O–H groups in total. The fourth-order valence-corrected chi connectivity index (χ4v) is 6.68. The number of hydrogen-bond donors (Lipinski definition) is 0. The summed E-state index contributed by atoms with van der Waals surface area (Å²) in [5.41, 5.74) is 5.25.